The first-order valence-corrected chi connectivity index (χ1v) is 13.2. The summed E-state index contributed by atoms with van der Waals surface area (Å²) < 4.78 is 37.3. The Kier molecular flexibility index (Phi) is 11.8. The molecule has 16 heteroatoms. The van der Waals surface area contributed by atoms with Crippen LogP contribution in [0.2, 0.25) is 0 Å². The number of phosphoric acid groups is 1. The van der Waals surface area contributed by atoms with Crippen molar-refractivity contribution in [2.45, 2.75) is 53.2 Å². The lowest BCUT2D eigenvalue weighted by Crippen LogP contribution is -2.50. The van der Waals surface area contributed by atoms with Gasteiger partial charge in [-0.1, -0.05) is 46.4 Å². The zero-order valence-corrected chi connectivity index (χ0v) is 22.7. The Bertz CT molecular complexity index is 888. The molecule has 3 N–H and O–H groups in total. The van der Waals surface area contributed by atoms with Gasteiger partial charge < -0.3 is 25.2 Å². The summed E-state index contributed by atoms with van der Waals surface area (Å²) in [7, 11) is -3.13. The Morgan fingerprint density at radius 2 is 1.86 bits per heavy atom. The fourth-order valence-corrected chi connectivity index (χ4v) is 4.94. The Morgan fingerprint density at radius 3 is 2.42 bits per heavy atom. The Balaban J connectivity index is 2.61. The van der Waals surface area contributed by atoms with Crippen molar-refractivity contribution in [1.82, 2.24) is 10.6 Å². The number of esters is 1. The molecule has 1 fully saturated rings. The molecule has 0 aromatic heterocycles. The standard InChI is InChI=1S/C20H33N2O12PS/c1-19(2,3)17(27)36-9-12(16(25)26)22-18(28)31-11-33-35(29)32-10-20(4,5)14(34-35)15(24)21-8-7-13(23)30-6/h12,14H,7-11H2,1-6H3,(H,21,24)(H,22,28)(H,25,26)/t12-,14-,35?/m0/s1. The maximum absolute atomic E-state index is 12.8. The number of carboxylic acid groups (broad SMARTS) is 1. The van der Waals surface area contributed by atoms with E-state index in [-0.39, 0.29) is 30.4 Å². The highest BCUT2D eigenvalue weighted by molar-refractivity contribution is 8.13. The van der Waals surface area contributed by atoms with Gasteiger partial charge in [-0.05, 0) is 0 Å². The molecule has 1 heterocycles. The average molecular weight is 557 g/mol. The van der Waals surface area contributed by atoms with Crippen LogP contribution in [0, 0.1) is 10.8 Å². The smallest absolute Gasteiger partial charge is 0.478 e. The van der Waals surface area contributed by atoms with E-state index in [1.54, 1.807) is 34.6 Å². The molecule has 0 aromatic rings. The molecule has 0 spiro atoms. The lowest BCUT2D eigenvalue weighted by atomic mass is 9.87. The number of carbonyl (C=O) groups excluding carboxylic acids is 4. The summed E-state index contributed by atoms with van der Waals surface area (Å²) >= 11 is 0.749. The van der Waals surface area contributed by atoms with E-state index in [1.165, 1.54) is 7.11 Å². The monoisotopic (exact) mass is 556 g/mol. The van der Waals surface area contributed by atoms with Gasteiger partial charge in [0.05, 0.1) is 20.1 Å². The molecule has 1 aliphatic rings. The lowest BCUT2D eigenvalue weighted by Gasteiger charge is -2.39. The summed E-state index contributed by atoms with van der Waals surface area (Å²) in [6, 6.07) is -1.44. The summed E-state index contributed by atoms with van der Waals surface area (Å²) in [6.07, 6.45) is -2.58. The maximum atomic E-state index is 12.8. The van der Waals surface area contributed by atoms with Crippen molar-refractivity contribution in [2.75, 3.05) is 32.8 Å². The van der Waals surface area contributed by atoms with E-state index in [9.17, 15) is 33.6 Å². The Hall–Kier alpha value is -2.19. The second-order valence-corrected chi connectivity index (χ2v) is 12.0. The van der Waals surface area contributed by atoms with Crippen molar-refractivity contribution >= 4 is 48.6 Å². The van der Waals surface area contributed by atoms with Crippen molar-refractivity contribution in [3.05, 3.63) is 0 Å². The molecule has 206 valence electrons. The van der Waals surface area contributed by atoms with E-state index in [0.717, 1.165) is 11.8 Å². The van der Waals surface area contributed by atoms with Crippen molar-refractivity contribution in [1.29, 1.82) is 0 Å². The van der Waals surface area contributed by atoms with Crippen LogP contribution in [0.5, 0.6) is 0 Å². The number of methoxy groups -OCH3 is 1. The van der Waals surface area contributed by atoms with Crippen LogP contribution < -0.4 is 10.6 Å². The van der Waals surface area contributed by atoms with Gasteiger partial charge in [0.15, 0.2) is 11.2 Å². The Morgan fingerprint density at radius 1 is 1.22 bits per heavy atom. The zero-order valence-electron chi connectivity index (χ0n) is 21.0. The second-order valence-electron chi connectivity index (χ2n) is 9.37. The molecule has 0 aromatic carbocycles. The van der Waals surface area contributed by atoms with Gasteiger partial charge in [-0.25, -0.2) is 18.7 Å². The fourth-order valence-electron chi connectivity index (χ4n) is 2.45. The highest BCUT2D eigenvalue weighted by Crippen LogP contribution is 2.57. The summed E-state index contributed by atoms with van der Waals surface area (Å²) in [4.78, 5) is 59.1. The van der Waals surface area contributed by atoms with Gasteiger partial charge in [0, 0.05) is 23.1 Å². The SMILES string of the molecule is COC(=O)CCNC(=O)[C@@H]1OP(=O)(OCOC(=O)N[C@@H](CSC(=O)C(C)(C)C)C(=O)O)OCC1(C)C. The molecule has 1 rings (SSSR count). The third-order valence-corrected chi connectivity index (χ3v) is 7.33. The second kappa shape index (κ2) is 13.4. The number of thioether (sulfide) groups is 1. The first kappa shape index (κ1) is 31.8. The molecule has 2 amide bonds. The first-order valence-electron chi connectivity index (χ1n) is 10.8. The van der Waals surface area contributed by atoms with Gasteiger partial charge >= 0.3 is 25.9 Å². The van der Waals surface area contributed by atoms with Crippen LogP contribution in [0.4, 0.5) is 4.79 Å². The number of hydrogen-bond acceptors (Lipinski definition) is 12. The minimum Gasteiger partial charge on any atom is -0.480 e. The number of alkyl carbamates (subject to hydrolysis) is 1. The molecule has 14 nitrogen and oxygen atoms in total. The molecule has 0 aliphatic carbocycles. The Labute approximate surface area is 213 Å². The summed E-state index contributed by atoms with van der Waals surface area (Å²) in [5, 5.41) is 13.5. The number of amides is 2. The first-order chi connectivity index (χ1) is 16.5. The quantitative estimate of drug-likeness (QED) is 0.189. The van der Waals surface area contributed by atoms with Crippen molar-refractivity contribution < 1.29 is 56.7 Å². The number of rotatable bonds is 11. The van der Waals surface area contributed by atoms with E-state index in [4.69, 9.17) is 18.3 Å². The minimum atomic E-state index is -4.34. The van der Waals surface area contributed by atoms with Gasteiger partial charge in [0.1, 0.15) is 6.04 Å². The van der Waals surface area contributed by atoms with Crippen LogP contribution in [-0.2, 0) is 46.8 Å². The molecule has 1 saturated heterocycles. The fraction of sp³-hybridized carbons (Fsp3) is 0.750. The molecule has 1 aliphatic heterocycles. The molecule has 3 atom stereocenters. The van der Waals surface area contributed by atoms with Crippen LogP contribution in [0.1, 0.15) is 41.0 Å². The van der Waals surface area contributed by atoms with Crippen LogP contribution in [0.25, 0.3) is 0 Å². The van der Waals surface area contributed by atoms with Gasteiger partial charge in [-0.3, -0.25) is 23.4 Å². The average Bonchev–Trinajstić information content (AvgIpc) is 2.77. The maximum Gasteiger partial charge on any atom is 0.478 e. The summed E-state index contributed by atoms with van der Waals surface area (Å²) in [6.45, 7) is 7.08. The van der Waals surface area contributed by atoms with Crippen molar-refractivity contribution in [2.24, 2.45) is 10.8 Å². The third-order valence-electron chi connectivity index (χ3n) is 4.62. The predicted octanol–water partition coefficient (Wildman–Crippen LogP) is 1.67. The largest absolute Gasteiger partial charge is 0.480 e. The van der Waals surface area contributed by atoms with E-state index in [2.05, 4.69) is 15.4 Å². The number of aliphatic carboxylic acids is 1. The molecule has 36 heavy (non-hydrogen) atoms. The summed E-state index contributed by atoms with van der Waals surface area (Å²) in [5.41, 5.74) is -1.61. The topological polar surface area (TPSA) is 193 Å². The normalized spacial score (nSPS) is 22.1. The minimum absolute atomic E-state index is 0.0406. The lowest BCUT2D eigenvalue weighted by molar-refractivity contribution is -0.144. The van der Waals surface area contributed by atoms with E-state index in [0.29, 0.717) is 0 Å². The van der Waals surface area contributed by atoms with Crippen LogP contribution >= 0.6 is 19.6 Å². The van der Waals surface area contributed by atoms with E-state index >= 15 is 0 Å². The van der Waals surface area contributed by atoms with Crippen LogP contribution in [0.15, 0.2) is 0 Å². The predicted molar refractivity (Wildman–Crippen MR) is 126 cm³/mol. The molecular formula is C20H33N2O12PS. The van der Waals surface area contributed by atoms with Crippen LogP contribution in [0.3, 0.4) is 0 Å². The van der Waals surface area contributed by atoms with Crippen molar-refractivity contribution in [3.8, 4) is 0 Å². The molecule has 0 saturated carbocycles. The molecule has 0 radical (unpaired) electrons. The molecular weight excluding hydrogens is 523 g/mol. The van der Waals surface area contributed by atoms with E-state index < -0.39 is 61.5 Å². The number of phosphoric ester groups is 1. The number of ether oxygens (including phenoxy) is 2. The summed E-state index contributed by atoms with van der Waals surface area (Å²) in [5.74, 6) is -2.83. The van der Waals surface area contributed by atoms with Gasteiger partial charge in [0.2, 0.25) is 12.7 Å². The van der Waals surface area contributed by atoms with Crippen molar-refractivity contribution in [3.63, 3.8) is 0 Å². The zero-order chi connectivity index (χ0) is 27.7. The van der Waals surface area contributed by atoms with Gasteiger partial charge in [-0.15, -0.1) is 0 Å². The molecule has 1 unspecified atom stereocenters. The van der Waals surface area contributed by atoms with E-state index in [1.807, 2.05) is 0 Å². The highest BCUT2D eigenvalue weighted by atomic mass is 32.2. The number of hydrogen-bond donors (Lipinski definition) is 3. The number of carbonyl (C=O) groups is 5. The van der Waals surface area contributed by atoms with Crippen LogP contribution in [-0.4, -0.2) is 79.1 Å². The number of nitrogens with one attached hydrogen (secondary N) is 2. The van der Waals surface area contributed by atoms with Gasteiger partial charge in [-0.2, -0.15) is 0 Å². The highest BCUT2D eigenvalue weighted by Gasteiger charge is 2.49. The van der Waals surface area contributed by atoms with Gasteiger partial charge in [0.25, 0.3) is 0 Å². The molecule has 0 bridgehead atoms. The number of carboxylic acids is 1. The third kappa shape index (κ3) is 10.4.